The Kier molecular flexibility index (Phi) is 5.66. The topological polar surface area (TPSA) is 52.6 Å². The second-order valence-corrected chi connectivity index (χ2v) is 8.32. The van der Waals surface area contributed by atoms with Crippen LogP contribution in [-0.2, 0) is 11.2 Å². The zero-order valence-corrected chi connectivity index (χ0v) is 16.3. The van der Waals surface area contributed by atoms with Gasteiger partial charge >= 0.3 is 6.03 Å². The molecule has 1 aromatic carbocycles. The molecule has 1 N–H and O–H groups in total. The van der Waals surface area contributed by atoms with E-state index >= 15 is 0 Å². The zero-order chi connectivity index (χ0) is 18.7. The normalized spacial score (nSPS) is 21.3. The number of aryl methyl sites for hydroxylation is 2. The number of hydrogen-bond donors (Lipinski definition) is 1. The average molecular weight is 357 g/mol. The Labute approximate surface area is 156 Å². The van der Waals surface area contributed by atoms with Crippen molar-refractivity contribution < 1.29 is 9.59 Å². The van der Waals surface area contributed by atoms with Gasteiger partial charge < -0.3 is 10.2 Å². The Morgan fingerprint density at radius 2 is 1.73 bits per heavy atom. The smallest absolute Gasteiger partial charge is 0.324 e. The third kappa shape index (κ3) is 4.44. The number of benzene rings is 1. The zero-order valence-electron chi connectivity index (χ0n) is 16.3. The Balaban J connectivity index is 1.38. The Bertz CT molecular complexity index is 646. The molecular formula is C21H31N3O2. The highest BCUT2D eigenvalue weighted by Crippen LogP contribution is 2.23. The molecule has 2 saturated heterocycles. The highest BCUT2D eigenvalue weighted by atomic mass is 16.2. The Morgan fingerprint density at radius 3 is 2.31 bits per heavy atom. The van der Waals surface area contributed by atoms with Gasteiger partial charge in [-0.15, -0.1) is 0 Å². The summed E-state index contributed by atoms with van der Waals surface area (Å²) in [5.41, 5.74) is 1.98. The quantitative estimate of drug-likeness (QED) is 0.797. The number of urea groups is 1. The first kappa shape index (κ1) is 18.9. The fraction of sp³-hybridized carbons (Fsp3) is 0.619. The molecule has 0 bridgehead atoms. The van der Waals surface area contributed by atoms with Crippen LogP contribution in [0.1, 0.15) is 44.2 Å². The molecule has 0 atom stereocenters. The van der Waals surface area contributed by atoms with E-state index in [9.17, 15) is 9.59 Å². The van der Waals surface area contributed by atoms with Gasteiger partial charge in [0.25, 0.3) is 5.91 Å². The van der Waals surface area contributed by atoms with E-state index in [0.717, 1.165) is 32.0 Å². The summed E-state index contributed by atoms with van der Waals surface area (Å²) in [5, 5.41) is 2.74. The summed E-state index contributed by atoms with van der Waals surface area (Å²) in [6.07, 6.45) is 4.82. The average Bonchev–Trinajstić information content (AvgIpc) is 2.81. The largest absolute Gasteiger partial charge is 0.325 e. The van der Waals surface area contributed by atoms with Crippen molar-refractivity contribution in [3.05, 3.63) is 35.4 Å². The van der Waals surface area contributed by atoms with Gasteiger partial charge in [0.1, 0.15) is 5.54 Å². The molecule has 26 heavy (non-hydrogen) atoms. The second kappa shape index (κ2) is 7.78. The molecule has 0 unspecified atom stereocenters. The highest BCUT2D eigenvalue weighted by Gasteiger charge is 2.44. The molecular weight excluding hydrogens is 326 g/mol. The molecule has 2 aliphatic rings. The molecule has 5 heteroatoms. The number of amides is 3. The maximum Gasteiger partial charge on any atom is 0.325 e. The number of nitrogens with one attached hydrogen (secondary N) is 1. The van der Waals surface area contributed by atoms with E-state index in [0.29, 0.717) is 6.54 Å². The van der Waals surface area contributed by atoms with Crippen LogP contribution in [0.15, 0.2) is 24.3 Å². The van der Waals surface area contributed by atoms with Gasteiger partial charge in [0.05, 0.1) is 0 Å². The van der Waals surface area contributed by atoms with Gasteiger partial charge in [-0.2, -0.15) is 0 Å². The SMILES string of the molecule is Cc1ccc(CCC2CCN(CCN3C(=O)NC(C)(C)C3=O)CC2)cc1. The molecule has 0 radical (unpaired) electrons. The number of imide groups is 1. The molecule has 142 valence electrons. The number of hydrogen-bond acceptors (Lipinski definition) is 3. The van der Waals surface area contributed by atoms with Crippen molar-refractivity contribution in [2.45, 2.75) is 52.0 Å². The molecule has 5 nitrogen and oxygen atoms in total. The van der Waals surface area contributed by atoms with Crippen LogP contribution >= 0.6 is 0 Å². The standard InChI is InChI=1S/C21H31N3O2/c1-16-4-6-17(7-5-16)8-9-18-10-12-23(13-11-18)14-15-24-19(25)21(2,3)22-20(24)26/h4-7,18H,8-15H2,1-3H3,(H,22,26). The first-order valence-electron chi connectivity index (χ1n) is 9.77. The molecule has 2 heterocycles. The monoisotopic (exact) mass is 357 g/mol. The number of rotatable bonds is 6. The van der Waals surface area contributed by atoms with E-state index in [4.69, 9.17) is 0 Å². The summed E-state index contributed by atoms with van der Waals surface area (Å²) in [6.45, 7) is 9.03. The summed E-state index contributed by atoms with van der Waals surface area (Å²) >= 11 is 0. The predicted molar refractivity (Wildman–Crippen MR) is 103 cm³/mol. The van der Waals surface area contributed by atoms with E-state index in [1.807, 2.05) is 0 Å². The summed E-state index contributed by atoms with van der Waals surface area (Å²) in [5.74, 6) is 0.665. The van der Waals surface area contributed by atoms with Crippen LogP contribution in [0.5, 0.6) is 0 Å². The molecule has 2 fully saturated rings. The van der Waals surface area contributed by atoms with Crippen LogP contribution in [0, 0.1) is 12.8 Å². The van der Waals surface area contributed by atoms with Crippen LogP contribution in [-0.4, -0.2) is 53.5 Å². The Morgan fingerprint density at radius 1 is 1.08 bits per heavy atom. The lowest BCUT2D eigenvalue weighted by Gasteiger charge is -2.32. The van der Waals surface area contributed by atoms with Gasteiger partial charge in [-0.1, -0.05) is 29.8 Å². The molecule has 0 saturated carbocycles. The molecule has 0 aliphatic carbocycles. The van der Waals surface area contributed by atoms with Gasteiger partial charge in [0, 0.05) is 13.1 Å². The third-order valence-corrected chi connectivity index (χ3v) is 5.75. The van der Waals surface area contributed by atoms with Gasteiger partial charge in [-0.3, -0.25) is 9.69 Å². The summed E-state index contributed by atoms with van der Waals surface area (Å²) in [7, 11) is 0. The minimum atomic E-state index is -0.764. The minimum Gasteiger partial charge on any atom is -0.324 e. The highest BCUT2D eigenvalue weighted by molar-refractivity contribution is 6.06. The number of carbonyl (C=O) groups is 2. The van der Waals surface area contributed by atoms with Gasteiger partial charge in [0.15, 0.2) is 0 Å². The van der Waals surface area contributed by atoms with Gasteiger partial charge in [0.2, 0.25) is 0 Å². The van der Waals surface area contributed by atoms with E-state index in [-0.39, 0.29) is 11.9 Å². The van der Waals surface area contributed by atoms with Gasteiger partial charge in [-0.05, 0) is 71.0 Å². The lowest BCUT2D eigenvalue weighted by atomic mass is 9.90. The minimum absolute atomic E-state index is 0.115. The first-order valence-corrected chi connectivity index (χ1v) is 9.77. The molecule has 0 spiro atoms. The third-order valence-electron chi connectivity index (χ3n) is 5.75. The van der Waals surface area contributed by atoms with E-state index in [1.54, 1.807) is 13.8 Å². The summed E-state index contributed by atoms with van der Waals surface area (Å²) < 4.78 is 0. The van der Waals surface area contributed by atoms with Crippen molar-refractivity contribution in [2.24, 2.45) is 5.92 Å². The fourth-order valence-corrected chi connectivity index (χ4v) is 3.89. The van der Waals surface area contributed by atoms with Crippen molar-refractivity contribution in [2.75, 3.05) is 26.2 Å². The molecule has 2 aliphatic heterocycles. The van der Waals surface area contributed by atoms with E-state index < -0.39 is 5.54 Å². The van der Waals surface area contributed by atoms with Crippen molar-refractivity contribution in [1.82, 2.24) is 15.1 Å². The van der Waals surface area contributed by atoms with E-state index in [2.05, 4.69) is 41.4 Å². The number of piperidine rings is 1. The van der Waals surface area contributed by atoms with Crippen molar-refractivity contribution >= 4 is 11.9 Å². The lowest BCUT2D eigenvalue weighted by Crippen LogP contribution is -2.43. The van der Waals surface area contributed by atoms with Crippen LogP contribution < -0.4 is 5.32 Å². The molecule has 3 rings (SSSR count). The number of nitrogens with zero attached hydrogens (tertiary/aromatic N) is 2. The number of likely N-dealkylation sites (tertiary alicyclic amines) is 1. The van der Waals surface area contributed by atoms with Gasteiger partial charge in [-0.25, -0.2) is 4.79 Å². The number of carbonyl (C=O) groups excluding carboxylic acids is 2. The summed E-state index contributed by atoms with van der Waals surface area (Å²) in [4.78, 5) is 27.9. The maximum absolute atomic E-state index is 12.2. The predicted octanol–water partition coefficient (Wildman–Crippen LogP) is 2.97. The Hall–Kier alpha value is -1.88. The van der Waals surface area contributed by atoms with Crippen LogP contribution in [0.2, 0.25) is 0 Å². The van der Waals surface area contributed by atoms with Crippen LogP contribution in [0.3, 0.4) is 0 Å². The molecule has 0 aromatic heterocycles. The fourth-order valence-electron chi connectivity index (χ4n) is 3.89. The van der Waals surface area contributed by atoms with E-state index in [1.165, 1.54) is 35.3 Å². The lowest BCUT2D eigenvalue weighted by molar-refractivity contribution is -0.130. The van der Waals surface area contributed by atoms with Crippen molar-refractivity contribution in [1.29, 1.82) is 0 Å². The molecule has 3 amide bonds. The molecule has 1 aromatic rings. The van der Waals surface area contributed by atoms with Crippen LogP contribution in [0.25, 0.3) is 0 Å². The maximum atomic E-state index is 12.2. The summed E-state index contributed by atoms with van der Waals surface area (Å²) in [6, 6.07) is 8.60. The first-order chi connectivity index (χ1) is 12.3. The van der Waals surface area contributed by atoms with Crippen molar-refractivity contribution in [3.8, 4) is 0 Å². The second-order valence-electron chi connectivity index (χ2n) is 8.32. The van der Waals surface area contributed by atoms with Crippen molar-refractivity contribution in [3.63, 3.8) is 0 Å². The van der Waals surface area contributed by atoms with Crippen LogP contribution in [0.4, 0.5) is 4.79 Å².